The van der Waals surface area contributed by atoms with Gasteiger partial charge in [-0.1, -0.05) is 30.3 Å². The van der Waals surface area contributed by atoms with E-state index in [-0.39, 0.29) is 0 Å². The molecule has 0 aliphatic carbocycles. The summed E-state index contributed by atoms with van der Waals surface area (Å²) in [5.41, 5.74) is 5.91. The predicted molar refractivity (Wildman–Crippen MR) is 92.5 cm³/mol. The lowest BCUT2D eigenvalue weighted by Gasteiger charge is -2.22. The molecular weight excluding hydrogens is 288 g/mol. The molecule has 4 rings (SSSR count). The fraction of sp³-hybridized carbons (Fsp3) is 0.316. The number of benzene rings is 2. The zero-order valence-electron chi connectivity index (χ0n) is 12.5. The van der Waals surface area contributed by atoms with Gasteiger partial charge in [0.15, 0.2) is 0 Å². The van der Waals surface area contributed by atoms with Crippen molar-refractivity contribution in [2.75, 3.05) is 23.7 Å². The second-order valence-corrected chi connectivity index (χ2v) is 7.00. The van der Waals surface area contributed by atoms with E-state index in [2.05, 4.69) is 47.4 Å². The van der Waals surface area contributed by atoms with Crippen LogP contribution < -0.4 is 4.90 Å². The Morgan fingerprint density at radius 1 is 1.09 bits per heavy atom. The van der Waals surface area contributed by atoms with Crippen molar-refractivity contribution in [2.24, 2.45) is 0 Å². The largest absolute Gasteiger partial charge is 0.370 e. The summed E-state index contributed by atoms with van der Waals surface area (Å²) in [6.07, 6.45) is 3.49. The third-order valence-corrected chi connectivity index (χ3v) is 5.76. The number of thioether (sulfide) groups is 1. The van der Waals surface area contributed by atoms with Crippen molar-refractivity contribution in [1.82, 2.24) is 0 Å². The molecule has 0 amide bonds. The van der Waals surface area contributed by atoms with Gasteiger partial charge in [-0.3, -0.25) is 0 Å². The second kappa shape index (κ2) is 5.70. The van der Waals surface area contributed by atoms with E-state index in [4.69, 9.17) is 0 Å². The predicted octanol–water partition coefficient (Wildman–Crippen LogP) is 4.47. The van der Waals surface area contributed by atoms with Crippen molar-refractivity contribution < 1.29 is 0 Å². The number of fused-ring (bicyclic) bond motifs is 1. The van der Waals surface area contributed by atoms with Crippen LogP contribution in [0.2, 0.25) is 0 Å². The minimum atomic E-state index is 0.918. The number of nitriles is 1. The highest BCUT2D eigenvalue weighted by atomic mass is 32.2. The zero-order valence-corrected chi connectivity index (χ0v) is 13.3. The van der Waals surface area contributed by atoms with E-state index < -0.39 is 0 Å². The van der Waals surface area contributed by atoms with Gasteiger partial charge in [-0.15, -0.1) is 11.8 Å². The molecule has 1 fully saturated rings. The molecule has 0 atom stereocenters. The molecule has 0 bridgehead atoms. The van der Waals surface area contributed by atoms with Crippen LogP contribution in [0.1, 0.15) is 24.0 Å². The number of hydrogen-bond acceptors (Lipinski definition) is 3. The van der Waals surface area contributed by atoms with Gasteiger partial charge >= 0.3 is 0 Å². The van der Waals surface area contributed by atoms with E-state index >= 15 is 0 Å². The van der Waals surface area contributed by atoms with Gasteiger partial charge in [0, 0.05) is 23.7 Å². The van der Waals surface area contributed by atoms with Crippen molar-refractivity contribution >= 4 is 17.4 Å². The van der Waals surface area contributed by atoms with Crippen LogP contribution in [-0.4, -0.2) is 18.8 Å². The fourth-order valence-corrected chi connectivity index (χ4v) is 4.75. The first kappa shape index (κ1) is 13.7. The zero-order chi connectivity index (χ0) is 14.9. The van der Waals surface area contributed by atoms with Crippen LogP contribution in [0.5, 0.6) is 0 Å². The van der Waals surface area contributed by atoms with Crippen LogP contribution in [0.25, 0.3) is 11.1 Å². The van der Waals surface area contributed by atoms with Gasteiger partial charge in [-0.25, -0.2) is 0 Å². The maximum atomic E-state index is 9.72. The Kier molecular flexibility index (Phi) is 3.56. The molecule has 1 saturated heterocycles. The summed E-state index contributed by atoms with van der Waals surface area (Å²) in [6.45, 7) is 2.16. The Bertz CT molecular complexity index is 740. The molecule has 110 valence electrons. The van der Waals surface area contributed by atoms with Gasteiger partial charge in [-0.2, -0.15) is 5.26 Å². The summed E-state index contributed by atoms with van der Waals surface area (Å²) in [7, 11) is 0. The van der Waals surface area contributed by atoms with Crippen molar-refractivity contribution in [3.63, 3.8) is 0 Å². The first-order valence-corrected chi connectivity index (χ1v) is 8.90. The number of anilines is 1. The lowest BCUT2D eigenvalue weighted by atomic mass is 9.96. The van der Waals surface area contributed by atoms with Gasteiger partial charge in [0.25, 0.3) is 0 Å². The minimum Gasteiger partial charge on any atom is -0.370 e. The summed E-state index contributed by atoms with van der Waals surface area (Å²) in [4.78, 5) is 3.72. The lowest BCUT2D eigenvalue weighted by Crippen LogP contribution is -2.19. The molecule has 2 aliphatic rings. The molecule has 0 aromatic heterocycles. The average Bonchev–Trinajstić information content (AvgIpc) is 3.25. The molecule has 22 heavy (non-hydrogen) atoms. The van der Waals surface area contributed by atoms with E-state index in [1.54, 1.807) is 0 Å². The summed E-state index contributed by atoms with van der Waals surface area (Å²) in [5, 5.41) is 9.72. The highest BCUT2D eigenvalue weighted by molar-refractivity contribution is 7.99. The number of nitrogens with zero attached hydrogens (tertiary/aromatic N) is 2. The van der Waals surface area contributed by atoms with Crippen molar-refractivity contribution in [1.29, 1.82) is 5.26 Å². The molecule has 2 aromatic rings. The number of rotatable bonds is 2. The topological polar surface area (TPSA) is 27.0 Å². The lowest BCUT2D eigenvalue weighted by molar-refractivity contribution is 0.949. The normalized spacial score (nSPS) is 16.6. The van der Waals surface area contributed by atoms with Gasteiger partial charge in [-0.05, 0) is 42.0 Å². The molecule has 0 unspecified atom stereocenters. The maximum absolute atomic E-state index is 9.72. The van der Waals surface area contributed by atoms with Gasteiger partial charge in [0.2, 0.25) is 0 Å². The first-order valence-electron chi connectivity index (χ1n) is 7.91. The van der Waals surface area contributed by atoms with Crippen LogP contribution in [0, 0.1) is 11.3 Å². The van der Waals surface area contributed by atoms with E-state index in [0.29, 0.717) is 0 Å². The highest BCUT2D eigenvalue weighted by Gasteiger charge is 2.26. The molecule has 2 aromatic carbocycles. The smallest absolute Gasteiger partial charge is 0.102 e. The maximum Gasteiger partial charge on any atom is 0.102 e. The molecular formula is C19H18N2S. The third-order valence-electron chi connectivity index (χ3n) is 4.60. The third kappa shape index (κ3) is 2.19. The molecule has 3 heteroatoms. The molecule has 2 nitrogen and oxygen atoms in total. The SMILES string of the molecule is N#Cc1c(N2CCCC2)cc(-c2ccccc2)c2c1CCS2. The Labute approximate surface area is 135 Å². The van der Waals surface area contributed by atoms with E-state index in [0.717, 1.165) is 36.5 Å². The molecule has 2 heterocycles. The summed E-state index contributed by atoms with van der Waals surface area (Å²) in [6, 6.07) is 15.3. The molecule has 2 aliphatic heterocycles. The Balaban J connectivity index is 1.94. The van der Waals surface area contributed by atoms with Gasteiger partial charge in [0.1, 0.15) is 6.07 Å². The monoisotopic (exact) mass is 306 g/mol. The van der Waals surface area contributed by atoms with Crippen LogP contribution in [0.3, 0.4) is 0 Å². The second-order valence-electron chi connectivity index (χ2n) is 5.90. The quantitative estimate of drug-likeness (QED) is 0.819. The first-order chi connectivity index (χ1) is 10.9. The minimum absolute atomic E-state index is 0.918. The Morgan fingerprint density at radius 3 is 2.59 bits per heavy atom. The van der Waals surface area contributed by atoms with E-state index in [1.807, 2.05) is 11.8 Å². The van der Waals surface area contributed by atoms with Crippen molar-refractivity contribution in [3.05, 3.63) is 47.5 Å². The molecule has 0 spiro atoms. The number of hydrogen-bond donors (Lipinski definition) is 0. The fourth-order valence-electron chi connectivity index (χ4n) is 3.53. The standard InChI is InChI=1S/C19H18N2S/c20-13-17-15-8-11-22-19(15)16(14-6-2-1-3-7-14)12-18(17)21-9-4-5-10-21/h1-3,6-7,12H,4-5,8-11H2. The van der Waals surface area contributed by atoms with Crippen LogP contribution >= 0.6 is 11.8 Å². The van der Waals surface area contributed by atoms with Gasteiger partial charge < -0.3 is 4.90 Å². The highest BCUT2D eigenvalue weighted by Crippen LogP contribution is 2.45. The van der Waals surface area contributed by atoms with E-state index in [9.17, 15) is 5.26 Å². The molecule has 0 radical (unpaired) electrons. The summed E-state index contributed by atoms with van der Waals surface area (Å²) >= 11 is 1.90. The van der Waals surface area contributed by atoms with Crippen LogP contribution in [-0.2, 0) is 6.42 Å². The molecule has 0 N–H and O–H groups in total. The van der Waals surface area contributed by atoms with Crippen molar-refractivity contribution in [2.45, 2.75) is 24.2 Å². The Hall–Kier alpha value is -1.92. The average molecular weight is 306 g/mol. The summed E-state index contributed by atoms with van der Waals surface area (Å²) in [5.74, 6) is 1.09. The van der Waals surface area contributed by atoms with Crippen LogP contribution in [0.4, 0.5) is 5.69 Å². The van der Waals surface area contributed by atoms with E-state index in [1.165, 1.54) is 34.4 Å². The van der Waals surface area contributed by atoms with Gasteiger partial charge in [0.05, 0.1) is 11.3 Å². The summed E-state index contributed by atoms with van der Waals surface area (Å²) < 4.78 is 0. The van der Waals surface area contributed by atoms with Crippen molar-refractivity contribution in [3.8, 4) is 17.2 Å². The molecule has 0 saturated carbocycles. The Morgan fingerprint density at radius 2 is 1.86 bits per heavy atom. The van der Waals surface area contributed by atoms with Crippen LogP contribution in [0.15, 0.2) is 41.3 Å².